The van der Waals surface area contributed by atoms with Crippen molar-refractivity contribution < 1.29 is 64.3 Å². The Balaban J connectivity index is 0.000000386. The summed E-state index contributed by atoms with van der Waals surface area (Å²) in [6.45, 7) is 3.69. The van der Waals surface area contributed by atoms with Crippen LogP contribution in [-0.4, -0.2) is 51.7 Å². The number of aliphatic hydroxyl groups excluding tert-OH is 3. The number of ether oxygens (including phenoxy) is 1. The standard InChI is InChI=1S/C26H40O5.C14H11Cl2NO2.Na/c1-19(2)31-26(30)13-9-4-3-8-12-22-23(25(29)18-24(22)28)17-16-21(27)15-14-20-10-6-5-7-11-20;15-10-5-3-6-11(16)14(10)17-12-7-2-1-4-9(12)8-13(18)19;/h3,5-8,10-11,19,21-25,27-29H,4,9,12-18H2,1-2H3;1-7,17H,8H2,(H,18,19);/q;;+1/p-1/b8-3-;;/t21-,22+,23+,24-,25+;;/m0../s1. The predicted octanol–water partition coefficient (Wildman–Crippen LogP) is 4.22. The van der Waals surface area contributed by atoms with Crippen molar-refractivity contribution in [2.24, 2.45) is 11.8 Å². The number of nitrogens with one attached hydrogen (secondary N) is 1. The molecule has 0 aliphatic heterocycles. The van der Waals surface area contributed by atoms with Gasteiger partial charge < -0.3 is 35.3 Å². The first kappa shape index (κ1) is 44.8. The number of benzene rings is 3. The van der Waals surface area contributed by atoms with E-state index in [1.807, 2.05) is 38.1 Å². The van der Waals surface area contributed by atoms with Crippen LogP contribution in [0.2, 0.25) is 10.0 Å². The van der Waals surface area contributed by atoms with Gasteiger partial charge in [0.05, 0.1) is 40.1 Å². The number of aliphatic hydroxyl groups is 3. The second-order valence-corrected chi connectivity index (χ2v) is 13.8. The molecule has 0 aromatic heterocycles. The van der Waals surface area contributed by atoms with Crippen LogP contribution in [0, 0.1) is 11.8 Å². The Morgan fingerprint density at radius 2 is 1.57 bits per heavy atom. The number of para-hydroxylation sites is 2. The SMILES string of the molecule is CC(C)OC(=O)CCC/C=C\C[C@@H]1[C@@H](CC[C@@H](O)CCc2ccccc2)[C@H](O)C[C@@H]1O.O=C([O-])Cc1ccccc1Nc1c(Cl)cccc1Cl.[Na+]. The maximum absolute atomic E-state index is 11.5. The third kappa shape index (κ3) is 16.4. The van der Waals surface area contributed by atoms with Crippen molar-refractivity contribution in [3.05, 3.63) is 106 Å². The molecule has 0 amide bonds. The van der Waals surface area contributed by atoms with Crippen molar-refractivity contribution in [2.45, 2.75) is 102 Å². The molecule has 1 aliphatic rings. The summed E-state index contributed by atoms with van der Waals surface area (Å²) in [7, 11) is 0. The van der Waals surface area contributed by atoms with Crippen LogP contribution in [0.15, 0.2) is 84.9 Å². The molecule has 4 N–H and O–H groups in total. The topological polar surface area (TPSA) is 139 Å². The summed E-state index contributed by atoms with van der Waals surface area (Å²) in [5.41, 5.74) is 3.02. The largest absolute Gasteiger partial charge is 1.00 e. The number of aryl methyl sites for hydroxylation is 1. The van der Waals surface area contributed by atoms with Gasteiger partial charge >= 0.3 is 35.5 Å². The number of anilines is 2. The van der Waals surface area contributed by atoms with E-state index in [9.17, 15) is 30.0 Å². The summed E-state index contributed by atoms with van der Waals surface area (Å²) < 4.78 is 5.12. The number of unbranched alkanes of at least 4 members (excludes halogenated alkanes) is 1. The Hall–Kier alpha value is -2.40. The molecule has 0 unspecified atom stereocenters. The molecule has 11 heteroatoms. The van der Waals surface area contributed by atoms with E-state index in [0.29, 0.717) is 65.5 Å². The van der Waals surface area contributed by atoms with Gasteiger partial charge in [-0.15, -0.1) is 0 Å². The van der Waals surface area contributed by atoms with Crippen molar-refractivity contribution in [1.82, 2.24) is 0 Å². The van der Waals surface area contributed by atoms with E-state index < -0.39 is 24.3 Å². The number of carboxylic acids is 1. The van der Waals surface area contributed by atoms with Gasteiger partial charge in [-0.3, -0.25) is 4.79 Å². The Labute approximate surface area is 334 Å². The first-order valence-corrected chi connectivity index (χ1v) is 18.1. The van der Waals surface area contributed by atoms with Crippen molar-refractivity contribution >= 4 is 46.5 Å². The number of esters is 1. The molecule has 272 valence electrons. The summed E-state index contributed by atoms with van der Waals surface area (Å²) in [5, 5.41) is 45.9. The third-order valence-electron chi connectivity index (χ3n) is 8.73. The van der Waals surface area contributed by atoms with E-state index in [2.05, 4.69) is 23.5 Å². The monoisotopic (exact) mass is 749 g/mol. The summed E-state index contributed by atoms with van der Waals surface area (Å²) >= 11 is 12.1. The van der Waals surface area contributed by atoms with E-state index in [0.717, 1.165) is 19.3 Å². The first-order valence-electron chi connectivity index (χ1n) is 17.4. The fraction of sp³-hybridized carbons (Fsp3) is 0.450. The molecule has 51 heavy (non-hydrogen) atoms. The molecule has 0 saturated heterocycles. The van der Waals surface area contributed by atoms with Gasteiger partial charge in [-0.2, -0.15) is 0 Å². The zero-order valence-electron chi connectivity index (χ0n) is 29.8. The molecule has 0 bridgehead atoms. The molecule has 0 radical (unpaired) electrons. The number of aliphatic carboxylic acids is 1. The Bertz CT molecular complexity index is 1490. The van der Waals surface area contributed by atoms with E-state index in [1.165, 1.54) is 5.56 Å². The predicted molar refractivity (Wildman–Crippen MR) is 197 cm³/mol. The Kier molecular flexibility index (Phi) is 21.1. The van der Waals surface area contributed by atoms with Crippen molar-refractivity contribution in [2.75, 3.05) is 5.32 Å². The molecule has 3 aromatic carbocycles. The van der Waals surface area contributed by atoms with Crippen LogP contribution >= 0.6 is 23.2 Å². The fourth-order valence-corrected chi connectivity index (χ4v) is 6.67. The smallest absolute Gasteiger partial charge is 0.550 e. The zero-order valence-corrected chi connectivity index (χ0v) is 33.4. The van der Waals surface area contributed by atoms with Gasteiger partial charge in [0.15, 0.2) is 0 Å². The average Bonchev–Trinajstić information content (AvgIpc) is 3.34. The molecule has 1 saturated carbocycles. The number of hydrogen-bond donors (Lipinski definition) is 4. The normalized spacial score (nSPS) is 18.8. The molecule has 1 aliphatic carbocycles. The minimum Gasteiger partial charge on any atom is -0.550 e. The summed E-state index contributed by atoms with van der Waals surface area (Å²) in [6.07, 6.45) is 8.40. The summed E-state index contributed by atoms with van der Waals surface area (Å²) in [4.78, 5) is 22.3. The van der Waals surface area contributed by atoms with Crippen molar-refractivity contribution in [3.63, 3.8) is 0 Å². The van der Waals surface area contributed by atoms with Crippen LogP contribution in [0.5, 0.6) is 0 Å². The van der Waals surface area contributed by atoms with Crippen LogP contribution in [-0.2, 0) is 27.2 Å². The second kappa shape index (κ2) is 24.0. The summed E-state index contributed by atoms with van der Waals surface area (Å²) in [5.74, 6) is -1.28. The van der Waals surface area contributed by atoms with E-state index in [4.69, 9.17) is 27.9 Å². The fourth-order valence-electron chi connectivity index (χ4n) is 6.17. The number of allylic oxidation sites excluding steroid dienone is 2. The maximum atomic E-state index is 11.5. The molecule has 1 fully saturated rings. The van der Waals surface area contributed by atoms with E-state index >= 15 is 0 Å². The minimum atomic E-state index is -1.14. The van der Waals surface area contributed by atoms with Crippen LogP contribution in [0.4, 0.5) is 11.4 Å². The molecule has 5 atom stereocenters. The van der Waals surface area contributed by atoms with Crippen LogP contribution in [0.25, 0.3) is 0 Å². The number of carbonyl (C=O) groups excluding carboxylic acids is 2. The number of halogens is 2. The molecule has 8 nitrogen and oxygen atoms in total. The third-order valence-corrected chi connectivity index (χ3v) is 9.36. The molecule has 4 rings (SSSR count). The molecule has 0 heterocycles. The van der Waals surface area contributed by atoms with Crippen molar-refractivity contribution in [3.8, 4) is 0 Å². The second-order valence-electron chi connectivity index (χ2n) is 13.0. The van der Waals surface area contributed by atoms with Gasteiger partial charge in [0.2, 0.25) is 0 Å². The van der Waals surface area contributed by atoms with Gasteiger partial charge in [0.1, 0.15) is 0 Å². The first-order chi connectivity index (χ1) is 23.9. The number of carboxylic acid groups (broad SMARTS) is 1. The van der Waals surface area contributed by atoms with E-state index in [-0.39, 0.29) is 59.9 Å². The van der Waals surface area contributed by atoms with Crippen LogP contribution in [0.3, 0.4) is 0 Å². The quantitative estimate of drug-likeness (QED) is 0.0697. The Morgan fingerprint density at radius 1 is 0.922 bits per heavy atom. The molecular weight excluding hydrogens is 700 g/mol. The van der Waals surface area contributed by atoms with Gasteiger partial charge in [-0.05, 0) is 106 Å². The maximum Gasteiger partial charge on any atom is 1.00 e. The van der Waals surface area contributed by atoms with Gasteiger partial charge in [-0.1, -0.05) is 90.0 Å². The summed E-state index contributed by atoms with van der Waals surface area (Å²) in [6, 6.07) is 22.3. The number of rotatable bonds is 17. The molecule has 3 aromatic rings. The zero-order chi connectivity index (χ0) is 36.5. The Morgan fingerprint density at radius 3 is 2.24 bits per heavy atom. The number of carbonyl (C=O) groups is 2. The molecule has 0 spiro atoms. The number of hydrogen-bond acceptors (Lipinski definition) is 8. The van der Waals surface area contributed by atoms with Crippen LogP contribution < -0.4 is 40.0 Å². The van der Waals surface area contributed by atoms with Gasteiger partial charge in [0.25, 0.3) is 0 Å². The average molecular weight is 751 g/mol. The van der Waals surface area contributed by atoms with Crippen molar-refractivity contribution in [1.29, 1.82) is 0 Å². The van der Waals surface area contributed by atoms with Gasteiger partial charge in [-0.25, -0.2) is 0 Å². The minimum absolute atomic E-state index is 0. The van der Waals surface area contributed by atoms with E-state index in [1.54, 1.807) is 42.5 Å². The van der Waals surface area contributed by atoms with Gasteiger partial charge in [0, 0.05) is 24.5 Å². The van der Waals surface area contributed by atoms with Crippen LogP contribution in [0.1, 0.15) is 76.3 Å². The molecular formula is C40H50Cl2NNaO7.